The van der Waals surface area contributed by atoms with E-state index >= 15 is 0 Å². The fourth-order valence-electron chi connectivity index (χ4n) is 4.53. The summed E-state index contributed by atoms with van der Waals surface area (Å²) >= 11 is 0. The maximum absolute atomic E-state index is 4.49. The molecule has 2 fully saturated rings. The number of rotatable bonds is 5. The van der Waals surface area contributed by atoms with Gasteiger partial charge >= 0.3 is 0 Å². The molecule has 5 heteroatoms. The topological polar surface area (TPSA) is 37.2 Å². The first kappa shape index (κ1) is 17.9. The summed E-state index contributed by atoms with van der Waals surface area (Å²) in [6, 6.07) is 0.610. The second-order valence-electron chi connectivity index (χ2n) is 8.76. The Hall–Kier alpha value is -0.940. The molecule has 0 saturated carbocycles. The van der Waals surface area contributed by atoms with Gasteiger partial charge in [0.2, 0.25) is 0 Å². The molecule has 0 aliphatic carbocycles. The summed E-state index contributed by atoms with van der Waals surface area (Å²) in [4.78, 5) is 5.33. The average molecular weight is 334 g/mol. The number of hydrogen-bond donors (Lipinski definition) is 0. The van der Waals surface area contributed by atoms with E-state index in [2.05, 4.69) is 59.3 Å². The van der Waals surface area contributed by atoms with Crippen LogP contribution in [0.2, 0.25) is 0 Å². The zero-order chi connectivity index (χ0) is 17.3. The number of aryl methyl sites for hydroxylation is 1. The van der Waals surface area contributed by atoms with Gasteiger partial charge in [-0.3, -0.25) is 4.90 Å². The van der Waals surface area contributed by atoms with E-state index < -0.39 is 0 Å². The van der Waals surface area contributed by atoms with Crippen LogP contribution >= 0.6 is 0 Å². The summed E-state index contributed by atoms with van der Waals surface area (Å²) in [7, 11) is 2.10. The highest BCUT2D eigenvalue weighted by Gasteiger charge is 2.50. The van der Waals surface area contributed by atoms with Gasteiger partial charge in [0.15, 0.2) is 0 Å². The van der Waals surface area contributed by atoms with Crippen molar-refractivity contribution in [1.29, 1.82) is 0 Å². The number of nitrogens with zero attached hydrogens (tertiary/aromatic N) is 5. The van der Waals surface area contributed by atoms with E-state index in [0.717, 1.165) is 12.5 Å². The van der Waals surface area contributed by atoms with Crippen molar-refractivity contribution in [3.8, 4) is 0 Å². The van der Waals surface area contributed by atoms with Gasteiger partial charge in [-0.1, -0.05) is 13.8 Å². The van der Waals surface area contributed by atoms with E-state index in [0.29, 0.717) is 17.4 Å². The van der Waals surface area contributed by atoms with Crippen molar-refractivity contribution in [1.82, 2.24) is 24.6 Å². The summed E-state index contributed by atoms with van der Waals surface area (Å²) in [5.74, 6) is 2.52. The van der Waals surface area contributed by atoms with Crippen molar-refractivity contribution >= 4 is 0 Å². The minimum absolute atomic E-state index is 0.388. The molecule has 24 heavy (non-hydrogen) atoms. The van der Waals surface area contributed by atoms with Crippen molar-refractivity contribution in [3.63, 3.8) is 0 Å². The first-order chi connectivity index (χ1) is 11.4. The molecule has 3 heterocycles. The van der Waals surface area contributed by atoms with Gasteiger partial charge in [-0.2, -0.15) is 0 Å². The van der Waals surface area contributed by atoms with E-state index in [1.165, 1.54) is 51.3 Å². The third-order valence-electron chi connectivity index (χ3n) is 6.34. The first-order valence-corrected chi connectivity index (χ1v) is 9.71. The summed E-state index contributed by atoms with van der Waals surface area (Å²) in [5.41, 5.74) is 0.388. The van der Waals surface area contributed by atoms with Crippen LogP contribution in [0.25, 0.3) is 0 Å². The third-order valence-corrected chi connectivity index (χ3v) is 6.34. The number of aromatic nitrogens is 3. The van der Waals surface area contributed by atoms with Gasteiger partial charge in [0.05, 0.1) is 0 Å². The SMILES string of the molecule is CC(C)CCN1CCC2(CC1)CN(C(C)C)CC2c1nncn1C. The Labute approximate surface area is 147 Å². The van der Waals surface area contributed by atoms with Crippen LogP contribution in [0.4, 0.5) is 0 Å². The molecule has 0 bridgehead atoms. The monoisotopic (exact) mass is 333 g/mol. The van der Waals surface area contributed by atoms with Gasteiger partial charge in [0.25, 0.3) is 0 Å². The lowest BCUT2D eigenvalue weighted by molar-refractivity contribution is 0.0880. The summed E-state index contributed by atoms with van der Waals surface area (Å²) < 4.78 is 2.14. The standard InChI is InChI=1S/C19H35N5/c1-15(2)6-9-23-10-7-19(8-11-23)13-24(16(3)4)12-17(19)18-21-20-14-22(18)5/h14-17H,6-13H2,1-5H3. The van der Waals surface area contributed by atoms with Gasteiger partial charge in [0.1, 0.15) is 12.2 Å². The molecule has 1 unspecified atom stereocenters. The average Bonchev–Trinajstić information content (AvgIpc) is 3.11. The largest absolute Gasteiger partial charge is 0.320 e. The Morgan fingerprint density at radius 3 is 2.46 bits per heavy atom. The molecule has 2 aliphatic rings. The number of likely N-dealkylation sites (tertiary alicyclic amines) is 2. The van der Waals surface area contributed by atoms with Crippen LogP contribution in [0, 0.1) is 11.3 Å². The van der Waals surface area contributed by atoms with Gasteiger partial charge in [-0.05, 0) is 64.1 Å². The van der Waals surface area contributed by atoms with E-state index in [1.54, 1.807) is 0 Å². The van der Waals surface area contributed by atoms with E-state index in [-0.39, 0.29) is 0 Å². The molecule has 0 N–H and O–H groups in total. The number of piperidine rings is 1. The lowest BCUT2D eigenvalue weighted by atomic mass is 9.70. The molecule has 0 amide bonds. The van der Waals surface area contributed by atoms with Crippen molar-refractivity contribution in [2.24, 2.45) is 18.4 Å². The Kier molecular flexibility index (Phi) is 5.30. The molecule has 1 aromatic heterocycles. The summed E-state index contributed by atoms with van der Waals surface area (Å²) in [5, 5.41) is 8.65. The molecule has 136 valence electrons. The second kappa shape index (κ2) is 7.12. The molecule has 1 atom stereocenters. The molecule has 2 saturated heterocycles. The van der Waals surface area contributed by atoms with Crippen LogP contribution in [0.3, 0.4) is 0 Å². The van der Waals surface area contributed by atoms with Crippen molar-refractivity contribution in [2.45, 2.75) is 58.9 Å². The molecule has 5 nitrogen and oxygen atoms in total. The lowest BCUT2D eigenvalue weighted by Crippen LogP contribution is -2.44. The zero-order valence-corrected chi connectivity index (χ0v) is 16.2. The molecule has 0 radical (unpaired) electrons. The van der Waals surface area contributed by atoms with Crippen LogP contribution in [-0.4, -0.2) is 63.3 Å². The summed E-state index contributed by atoms with van der Waals surface area (Å²) in [6.07, 6.45) is 5.77. The lowest BCUT2D eigenvalue weighted by Gasteiger charge is -2.42. The Morgan fingerprint density at radius 1 is 1.21 bits per heavy atom. The van der Waals surface area contributed by atoms with Crippen LogP contribution in [-0.2, 0) is 7.05 Å². The molecule has 3 rings (SSSR count). The predicted molar refractivity (Wildman–Crippen MR) is 98.0 cm³/mol. The highest BCUT2D eigenvalue weighted by atomic mass is 15.3. The number of hydrogen-bond acceptors (Lipinski definition) is 4. The smallest absolute Gasteiger partial charge is 0.137 e. The molecule has 2 aliphatic heterocycles. The first-order valence-electron chi connectivity index (χ1n) is 9.71. The highest BCUT2D eigenvalue weighted by molar-refractivity contribution is 5.13. The Bertz CT molecular complexity index is 528. The van der Waals surface area contributed by atoms with Crippen molar-refractivity contribution in [3.05, 3.63) is 12.2 Å². The maximum Gasteiger partial charge on any atom is 0.137 e. The van der Waals surface area contributed by atoms with Crippen LogP contribution in [0.5, 0.6) is 0 Å². The van der Waals surface area contributed by atoms with Crippen LogP contribution in [0.1, 0.15) is 58.7 Å². The fraction of sp³-hybridized carbons (Fsp3) is 0.895. The molecule has 1 aromatic rings. The minimum Gasteiger partial charge on any atom is -0.320 e. The van der Waals surface area contributed by atoms with Gasteiger partial charge in [-0.25, -0.2) is 0 Å². The van der Waals surface area contributed by atoms with Crippen LogP contribution < -0.4 is 0 Å². The van der Waals surface area contributed by atoms with E-state index in [4.69, 9.17) is 0 Å². The molecule has 1 spiro atoms. The molecular formula is C19H35N5. The third kappa shape index (κ3) is 3.52. The molecular weight excluding hydrogens is 298 g/mol. The minimum atomic E-state index is 0.388. The Balaban J connectivity index is 1.73. The molecule has 0 aromatic carbocycles. The highest BCUT2D eigenvalue weighted by Crippen LogP contribution is 2.49. The van der Waals surface area contributed by atoms with Gasteiger partial charge in [0, 0.05) is 32.1 Å². The maximum atomic E-state index is 4.49. The van der Waals surface area contributed by atoms with Crippen molar-refractivity contribution in [2.75, 3.05) is 32.7 Å². The quantitative estimate of drug-likeness (QED) is 0.830. The normalized spacial score (nSPS) is 25.4. The summed E-state index contributed by atoms with van der Waals surface area (Å²) in [6.45, 7) is 15.4. The van der Waals surface area contributed by atoms with Crippen LogP contribution in [0.15, 0.2) is 6.33 Å². The Morgan fingerprint density at radius 2 is 1.92 bits per heavy atom. The zero-order valence-electron chi connectivity index (χ0n) is 16.2. The fourth-order valence-corrected chi connectivity index (χ4v) is 4.53. The van der Waals surface area contributed by atoms with Crippen molar-refractivity contribution < 1.29 is 0 Å². The van der Waals surface area contributed by atoms with E-state index in [9.17, 15) is 0 Å². The van der Waals surface area contributed by atoms with E-state index in [1.807, 2.05) is 6.33 Å². The second-order valence-corrected chi connectivity index (χ2v) is 8.76. The predicted octanol–water partition coefficient (Wildman–Crippen LogP) is 2.75. The van der Waals surface area contributed by atoms with Gasteiger partial charge in [-0.15, -0.1) is 10.2 Å². The van der Waals surface area contributed by atoms with Gasteiger partial charge < -0.3 is 9.47 Å².